The molecule has 0 unspecified atom stereocenters. The van der Waals surface area contributed by atoms with Gasteiger partial charge in [0.05, 0.1) is 17.8 Å². The third-order valence-corrected chi connectivity index (χ3v) is 7.54. The molecule has 2 N–H and O–H groups in total. The summed E-state index contributed by atoms with van der Waals surface area (Å²) in [4.78, 5) is 10.3. The SMILES string of the molecule is Cc1[nH]c(C)c([C@H]2[C@@H](c3ccccn3)NC(=S)N2c2ccc(Oc3ccccc3)cc2)c1I. The molecule has 1 aliphatic rings. The average molecular weight is 566 g/mol. The number of rotatable bonds is 5. The lowest BCUT2D eigenvalue weighted by atomic mass is 9.96. The number of aromatic amines is 1. The molecule has 0 saturated carbocycles. The van der Waals surface area contributed by atoms with Gasteiger partial charge in [0.25, 0.3) is 0 Å². The molecule has 5 rings (SSSR count). The molecule has 2 atom stereocenters. The van der Waals surface area contributed by atoms with Crippen molar-refractivity contribution in [2.75, 3.05) is 4.90 Å². The number of H-pyrrole nitrogens is 1. The van der Waals surface area contributed by atoms with Crippen molar-refractivity contribution in [3.8, 4) is 11.5 Å². The number of anilines is 1. The maximum Gasteiger partial charge on any atom is 0.174 e. The molecule has 2 aromatic heterocycles. The van der Waals surface area contributed by atoms with Gasteiger partial charge in [0, 0.05) is 32.4 Å². The minimum atomic E-state index is -0.0682. The smallest absolute Gasteiger partial charge is 0.174 e. The number of benzene rings is 2. The Bertz CT molecular complexity index is 1280. The van der Waals surface area contributed by atoms with Crippen LogP contribution in [-0.2, 0) is 0 Å². The minimum Gasteiger partial charge on any atom is -0.457 e. The van der Waals surface area contributed by atoms with Crippen LogP contribution in [0.5, 0.6) is 11.5 Å². The van der Waals surface area contributed by atoms with Gasteiger partial charge in [-0.3, -0.25) is 4.98 Å². The van der Waals surface area contributed by atoms with E-state index < -0.39 is 0 Å². The summed E-state index contributed by atoms with van der Waals surface area (Å²) >= 11 is 8.28. The number of hydrogen-bond donors (Lipinski definition) is 2. The molecule has 166 valence electrons. The van der Waals surface area contributed by atoms with Crippen LogP contribution in [-0.4, -0.2) is 15.1 Å². The summed E-state index contributed by atoms with van der Waals surface area (Å²) in [6.07, 6.45) is 1.83. The number of para-hydroxylation sites is 1. The van der Waals surface area contributed by atoms with Crippen LogP contribution in [0.25, 0.3) is 0 Å². The molecule has 0 amide bonds. The molecule has 7 heteroatoms. The highest BCUT2D eigenvalue weighted by Crippen LogP contribution is 2.44. The van der Waals surface area contributed by atoms with Crippen molar-refractivity contribution in [3.05, 3.63) is 105 Å². The second kappa shape index (κ2) is 9.15. The highest BCUT2D eigenvalue weighted by molar-refractivity contribution is 14.1. The molecular weight excluding hydrogens is 543 g/mol. The van der Waals surface area contributed by atoms with Gasteiger partial charge in [0.1, 0.15) is 11.5 Å². The van der Waals surface area contributed by atoms with Gasteiger partial charge in [0.2, 0.25) is 0 Å². The summed E-state index contributed by atoms with van der Waals surface area (Å²) in [7, 11) is 0. The lowest BCUT2D eigenvalue weighted by Gasteiger charge is -2.28. The van der Waals surface area contributed by atoms with Crippen LogP contribution in [0.15, 0.2) is 79.0 Å². The molecule has 5 nitrogen and oxygen atoms in total. The first-order chi connectivity index (χ1) is 16.0. The van der Waals surface area contributed by atoms with Gasteiger partial charge >= 0.3 is 0 Å². The summed E-state index contributed by atoms with van der Waals surface area (Å²) in [6, 6.07) is 23.8. The van der Waals surface area contributed by atoms with E-state index in [9.17, 15) is 0 Å². The summed E-state index contributed by atoms with van der Waals surface area (Å²) in [5, 5.41) is 4.21. The number of aryl methyl sites for hydroxylation is 2. The van der Waals surface area contributed by atoms with E-state index >= 15 is 0 Å². The quantitative estimate of drug-likeness (QED) is 0.211. The molecule has 33 heavy (non-hydrogen) atoms. The minimum absolute atomic E-state index is 0.0369. The van der Waals surface area contributed by atoms with Gasteiger partial charge in [-0.15, -0.1) is 0 Å². The van der Waals surface area contributed by atoms with E-state index in [1.807, 2.05) is 60.8 Å². The van der Waals surface area contributed by atoms with Gasteiger partial charge in [0.15, 0.2) is 5.11 Å². The first-order valence-electron chi connectivity index (χ1n) is 10.7. The maximum atomic E-state index is 5.98. The van der Waals surface area contributed by atoms with E-state index in [-0.39, 0.29) is 12.1 Å². The number of thiocarbonyl (C=S) groups is 1. The van der Waals surface area contributed by atoms with Gasteiger partial charge in [-0.05, 0) is 97.2 Å². The average Bonchev–Trinajstić information content (AvgIpc) is 3.30. The molecule has 0 radical (unpaired) electrons. The van der Waals surface area contributed by atoms with E-state index in [0.717, 1.165) is 34.3 Å². The molecule has 0 bridgehead atoms. The number of nitrogens with one attached hydrogen (secondary N) is 2. The first-order valence-corrected chi connectivity index (χ1v) is 12.2. The number of aromatic nitrogens is 2. The van der Waals surface area contributed by atoms with Crippen LogP contribution in [0, 0.1) is 17.4 Å². The molecule has 0 aliphatic carbocycles. The summed E-state index contributed by atoms with van der Waals surface area (Å²) < 4.78 is 7.20. The zero-order valence-electron chi connectivity index (χ0n) is 18.2. The number of ether oxygens (including phenoxy) is 1. The van der Waals surface area contributed by atoms with Crippen molar-refractivity contribution in [2.45, 2.75) is 25.9 Å². The number of pyridine rings is 1. The van der Waals surface area contributed by atoms with Gasteiger partial charge < -0.3 is 19.9 Å². The van der Waals surface area contributed by atoms with Crippen LogP contribution < -0.4 is 15.0 Å². The second-order valence-corrected chi connectivity index (χ2v) is 9.47. The van der Waals surface area contributed by atoms with Crippen LogP contribution in [0.3, 0.4) is 0 Å². The molecule has 3 heterocycles. The molecule has 1 aliphatic heterocycles. The molecule has 4 aromatic rings. The highest BCUT2D eigenvalue weighted by atomic mass is 127. The number of nitrogens with zero attached hydrogens (tertiary/aromatic N) is 2. The number of halogens is 1. The van der Waals surface area contributed by atoms with Crippen LogP contribution in [0.1, 0.15) is 34.7 Å². The van der Waals surface area contributed by atoms with Crippen molar-refractivity contribution in [2.24, 2.45) is 0 Å². The Morgan fingerprint density at radius 3 is 2.24 bits per heavy atom. The Morgan fingerprint density at radius 2 is 1.61 bits per heavy atom. The molecule has 1 saturated heterocycles. The predicted molar refractivity (Wildman–Crippen MR) is 144 cm³/mol. The van der Waals surface area contributed by atoms with Crippen LogP contribution in [0.2, 0.25) is 0 Å². The molecule has 2 aromatic carbocycles. The molecular formula is C26H23IN4OS. The van der Waals surface area contributed by atoms with Gasteiger partial charge in [-0.2, -0.15) is 0 Å². The lowest BCUT2D eigenvalue weighted by molar-refractivity contribution is 0.482. The van der Waals surface area contributed by atoms with Crippen molar-refractivity contribution >= 4 is 45.6 Å². The first kappa shape index (κ1) is 21.9. The van der Waals surface area contributed by atoms with Crippen LogP contribution >= 0.6 is 34.8 Å². The normalized spacial score (nSPS) is 17.8. The van der Waals surface area contributed by atoms with E-state index in [0.29, 0.717) is 5.11 Å². The monoisotopic (exact) mass is 566 g/mol. The van der Waals surface area contributed by atoms with E-state index in [1.165, 1.54) is 9.13 Å². The van der Waals surface area contributed by atoms with E-state index in [2.05, 4.69) is 74.8 Å². The highest BCUT2D eigenvalue weighted by Gasteiger charge is 2.43. The fourth-order valence-corrected chi connectivity index (χ4v) is 5.55. The Morgan fingerprint density at radius 1 is 0.909 bits per heavy atom. The van der Waals surface area contributed by atoms with Crippen molar-refractivity contribution in [1.82, 2.24) is 15.3 Å². The summed E-state index contributed by atoms with van der Waals surface area (Å²) in [5.74, 6) is 1.59. The van der Waals surface area contributed by atoms with Crippen LogP contribution in [0.4, 0.5) is 5.69 Å². The van der Waals surface area contributed by atoms with E-state index in [4.69, 9.17) is 17.0 Å². The zero-order valence-corrected chi connectivity index (χ0v) is 21.2. The third kappa shape index (κ3) is 4.22. The summed E-state index contributed by atoms with van der Waals surface area (Å²) in [5.41, 5.74) is 5.51. The van der Waals surface area contributed by atoms with Crippen molar-refractivity contribution in [3.63, 3.8) is 0 Å². The lowest BCUT2D eigenvalue weighted by Crippen LogP contribution is -2.29. The van der Waals surface area contributed by atoms with Gasteiger partial charge in [-0.1, -0.05) is 24.3 Å². The predicted octanol–water partition coefficient (Wildman–Crippen LogP) is 6.60. The number of hydrogen-bond acceptors (Lipinski definition) is 3. The zero-order chi connectivity index (χ0) is 22.9. The standard InChI is InChI=1S/C26H23IN4OS/c1-16-22(23(27)17(2)29-16)25-24(21-10-6-7-15-28-21)30-26(33)31(25)18-11-13-20(14-12-18)32-19-8-4-3-5-9-19/h3-15,24-25,29H,1-2H3,(H,30,33)/t24-,25+/m1/s1. The molecule has 0 spiro atoms. The Hall–Kier alpha value is -2.91. The van der Waals surface area contributed by atoms with Crippen molar-refractivity contribution < 1.29 is 4.74 Å². The second-order valence-electron chi connectivity index (χ2n) is 8.01. The Labute approximate surface area is 212 Å². The van der Waals surface area contributed by atoms with Gasteiger partial charge in [-0.25, -0.2) is 0 Å². The fraction of sp³-hybridized carbons (Fsp3) is 0.154. The Balaban J connectivity index is 1.54. The van der Waals surface area contributed by atoms with Crippen molar-refractivity contribution in [1.29, 1.82) is 0 Å². The third-order valence-electron chi connectivity index (χ3n) is 5.83. The fourth-order valence-electron chi connectivity index (χ4n) is 4.35. The molecule has 1 fully saturated rings. The largest absolute Gasteiger partial charge is 0.457 e. The summed E-state index contributed by atoms with van der Waals surface area (Å²) in [6.45, 7) is 4.23. The topological polar surface area (TPSA) is 53.2 Å². The maximum absolute atomic E-state index is 5.98. The Kier molecular flexibility index (Phi) is 6.07. The van der Waals surface area contributed by atoms with E-state index in [1.54, 1.807) is 0 Å².